The van der Waals surface area contributed by atoms with Crippen LogP contribution in [0.2, 0.25) is 0 Å². The van der Waals surface area contributed by atoms with Gasteiger partial charge in [0, 0.05) is 19.0 Å². The Morgan fingerprint density at radius 3 is 2.60 bits per heavy atom. The zero-order valence-electron chi connectivity index (χ0n) is 12.1. The number of nitrogens with two attached hydrogens (primary N) is 1. The van der Waals surface area contributed by atoms with Crippen molar-refractivity contribution < 1.29 is 9.26 Å². The third kappa shape index (κ3) is 2.93. The highest BCUT2D eigenvalue weighted by atomic mass is 16.5. The fourth-order valence-corrected chi connectivity index (χ4v) is 1.83. The second-order valence-electron chi connectivity index (χ2n) is 5.45. The van der Waals surface area contributed by atoms with Crippen molar-refractivity contribution in [3.8, 4) is 11.6 Å². The van der Waals surface area contributed by atoms with Crippen LogP contribution in [0, 0.1) is 5.41 Å². The molecule has 7 nitrogen and oxygen atoms in total. The Bertz CT molecular complexity index is 576. The Morgan fingerprint density at radius 1 is 1.30 bits per heavy atom. The Balaban J connectivity index is 2.35. The van der Waals surface area contributed by atoms with Gasteiger partial charge in [-0.1, -0.05) is 25.9 Å². The van der Waals surface area contributed by atoms with E-state index in [9.17, 15) is 0 Å². The maximum Gasteiger partial charge on any atom is 0.280 e. The second-order valence-corrected chi connectivity index (χ2v) is 5.45. The number of anilines is 1. The first-order valence-corrected chi connectivity index (χ1v) is 6.45. The summed E-state index contributed by atoms with van der Waals surface area (Å²) in [5.41, 5.74) is 5.99. The molecule has 0 aromatic carbocycles. The first kappa shape index (κ1) is 14.4. The van der Waals surface area contributed by atoms with Crippen molar-refractivity contribution >= 4 is 5.82 Å². The summed E-state index contributed by atoms with van der Waals surface area (Å²) in [6.07, 6.45) is 2.77. The second kappa shape index (κ2) is 5.54. The third-order valence-corrected chi connectivity index (χ3v) is 2.73. The molecule has 0 bridgehead atoms. The molecule has 108 valence electrons. The van der Waals surface area contributed by atoms with E-state index in [2.05, 4.69) is 40.9 Å². The molecular formula is C13H19N5O2. The molecule has 1 unspecified atom stereocenters. The number of nitrogens with zero attached hydrogens (tertiary/aromatic N) is 4. The lowest BCUT2D eigenvalue weighted by atomic mass is 9.88. The number of hydrogen-bond donors (Lipinski definition) is 1. The Morgan fingerprint density at radius 2 is 2.00 bits per heavy atom. The molecule has 1 atom stereocenters. The van der Waals surface area contributed by atoms with Crippen molar-refractivity contribution in [2.45, 2.75) is 33.8 Å². The highest BCUT2D eigenvalue weighted by molar-refractivity contribution is 5.61. The van der Waals surface area contributed by atoms with Gasteiger partial charge in [-0.2, -0.15) is 4.98 Å². The van der Waals surface area contributed by atoms with Crippen LogP contribution in [0.3, 0.4) is 0 Å². The van der Waals surface area contributed by atoms with Crippen molar-refractivity contribution in [2.75, 3.05) is 12.3 Å². The summed E-state index contributed by atoms with van der Waals surface area (Å²) in [6, 6.07) is 0. The fraction of sp³-hybridized carbons (Fsp3) is 0.538. The average Bonchev–Trinajstić information content (AvgIpc) is 2.84. The van der Waals surface area contributed by atoms with Gasteiger partial charge in [-0.3, -0.25) is 0 Å². The molecule has 0 amide bonds. The van der Waals surface area contributed by atoms with Crippen molar-refractivity contribution in [3.63, 3.8) is 0 Å². The predicted octanol–water partition coefficient (Wildman–Crippen LogP) is 2.23. The summed E-state index contributed by atoms with van der Waals surface area (Å²) in [5.74, 6) is 0.991. The molecule has 2 rings (SSSR count). The van der Waals surface area contributed by atoms with Crippen LogP contribution in [0.25, 0.3) is 11.6 Å². The van der Waals surface area contributed by atoms with Gasteiger partial charge in [0.05, 0.1) is 0 Å². The van der Waals surface area contributed by atoms with Gasteiger partial charge in [0.15, 0.2) is 11.5 Å². The quantitative estimate of drug-likeness (QED) is 0.914. The van der Waals surface area contributed by atoms with Gasteiger partial charge < -0.3 is 15.0 Å². The van der Waals surface area contributed by atoms with E-state index in [0.717, 1.165) is 0 Å². The minimum absolute atomic E-state index is 0.148. The largest absolute Gasteiger partial charge is 0.382 e. The van der Waals surface area contributed by atoms with Crippen LogP contribution in [0.5, 0.6) is 0 Å². The van der Waals surface area contributed by atoms with E-state index in [4.69, 9.17) is 15.0 Å². The van der Waals surface area contributed by atoms with Crippen LogP contribution in [0.15, 0.2) is 16.9 Å². The Labute approximate surface area is 117 Å². The molecule has 2 aromatic rings. The maximum absolute atomic E-state index is 5.75. The standard InChI is InChI=1S/C13H19N5O2/c1-5-19-9(13(2,3)4)11-17-12(20-18-11)8-10(14)16-7-6-15-8/h6-7,9H,5H2,1-4H3,(H2,14,16). The van der Waals surface area contributed by atoms with Crippen LogP contribution < -0.4 is 5.73 Å². The van der Waals surface area contributed by atoms with Gasteiger partial charge >= 0.3 is 0 Å². The number of rotatable bonds is 4. The molecule has 7 heteroatoms. The highest BCUT2D eigenvalue weighted by Crippen LogP contribution is 2.35. The summed E-state index contributed by atoms with van der Waals surface area (Å²) in [5, 5.41) is 3.98. The summed E-state index contributed by atoms with van der Waals surface area (Å²) in [7, 11) is 0. The van der Waals surface area contributed by atoms with Gasteiger partial charge in [-0.25, -0.2) is 9.97 Å². The molecule has 0 aliphatic carbocycles. The van der Waals surface area contributed by atoms with E-state index in [-0.39, 0.29) is 23.2 Å². The van der Waals surface area contributed by atoms with E-state index >= 15 is 0 Å². The first-order valence-electron chi connectivity index (χ1n) is 6.45. The summed E-state index contributed by atoms with van der Waals surface area (Å²) < 4.78 is 11.0. The first-order chi connectivity index (χ1) is 9.43. The molecule has 0 fully saturated rings. The number of ether oxygens (including phenoxy) is 1. The fourth-order valence-electron chi connectivity index (χ4n) is 1.83. The van der Waals surface area contributed by atoms with Crippen LogP contribution in [0.1, 0.15) is 39.6 Å². The minimum Gasteiger partial charge on any atom is -0.382 e. The highest BCUT2D eigenvalue weighted by Gasteiger charge is 2.31. The Hall–Kier alpha value is -2.02. The molecular weight excluding hydrogens is 258 g/mol. The number of nitrogen functional groups attached to an aromatic ring is 1. The summed E-state index contributed by atoms with van der Waals surface area (Å²) >= 11 is 0. The van der Waals surface area contributed by atoms with E-state index in [0.29, 0.717) is 18.1 Å². The van der Waals surface area contributed by atoms with E-state index in [1.54, 1.807) is 0 Å². The minimum atomic E-state index is -0.261. The van der Waals surface area contributed by atoms with Crippen molar-refractivity contribution in [2.24, 2.45) is 5.41 Å². The van der Waals surface area contributed by atoms with Crippen molar-refractivity contribution in [1.82, 2.24) is 20.1 Å². The van der Waals surface area contributed by atoms with E-state index in [1.807, 2.05) is 6.92 Å². The SMILES string of the molecule is CCOC(c1noc(-c2nccnc2N)n1)C(C)(C)C. The lowest BCUT2D eigenvalue weighted by molar-refractivity contribution is -0.0203. The van der Waals surface area contributed by atoms with Crippen molar-refractivity contribution in [1.29, 1.82) is 0 Å². The third-order valence-electron chi connectivity index (χ3n) is 2.73. The number of aromatic nitrogens is 4. The molecule has 2 N–H and O–H groups in total. The molecule has 0 aliphatic rings. The van der Waals surface area contributed by atoms with Gasteiger partial charge in [-0.15, -0.1) is 0 Å². The van der Waals surface area contributed by atoms with Gasteiger partial charge in [0.25, 0.3) is 5.89 Å². The topological polar surface area (TPSA) is 100.0 Å². The maximum atomic E-state index is 5.75. The lowest BCUT2D eigenvalue weighted by Gasteiger charge is -2.27. The van der Waals surface area contributed by atoms with Gasteiger partial charge in [0.1, 0.15) is 6.10 Å². The molecule has 2 heterocycles. The molecule has 0 aliphatic heterocycles. The average molecular weight is 277 g/mol. The lowest BCUT2D eigenvalue weighted by Crippen LogP contribution is -2.22. The van der Waals surface area contributed by atoms with E-state index < -0.39 is 0 Å². The molecule has 0 spiro atoms. The Kier molecular flexibility index (Phi) is 3.99. The molecule has 0 radical (unpaired) electrons. The van der Waals surface area contributed by atoms with Gasteiger partial charge in [0.2, 0.25) is 5.82 Å². The zero-order chi connectivity index (χ0) is 14.8. The summed E-state index contributed by atoms with van der Waals surface area (Å²) in [6.45, 7) is 8.67. The van der Waals surface area contributed by atoms with Crippen LogP contribution in [-0.2, 0) is 4.74 Å². The monoisotopic (exact) mass is 277 g/mol. The summed E-state index contributed by atoms with van der Waals surface area (Å²) in [4.78, 5) is 12.4. The molecule has 20 heavy (non-hydrogen) atoms. The van der Waals surface area contributed by atoms with Crippen LogP contribution in [-0.4, -0.2) is 26.7 Å². The van der Waals surface area contributed by atoms with Crippen molar-refractivity contribution in [3.05, 3.63) is 18.2 Å². The van der Waals surface area contributed by atoms with Gasteiger partial charge in [-0.05, 0) is 12.3 Å². The van der Waals surface area contributed by atoms with E-state index in [1.165, 1.54) is 12.4 Å². The normalized spacial score (nSPS) is 13.4. The van der Waals surface area contributed by atoms with Crippen LogP contribution >= 0.6 is 0 Å². The number of hydrogen-bond acceptors (Lipinski definition) is 7. The molecule has 0 saturated heterocycles. The van der Waals surface area contributed by atoms with Crippen LogP contribution in [0.4, 0.5) is 5.82 Å². The zero-order valence-corrected chi connectivity index (χ0v) is 12.1. The molecule has 0 saturated carbocycles. The smallest absolute Gasteiger partial charge is 0.280 e. The predicted molar refractivity (Wildman–Crippen MR) is 73.6 cm³/mol. The molecule has 2 aromatic heterocycles.